The van der Waals surface area contributed by atoms with Gasteiger partial charge in [-0.15, -0.1) is 0 Å². The maximum Gasteiger partial charge on any atom is 0.179 e. The lowest BCUT2D eigenvalue weighted by Crippen LogP contribution is -2.09. The number of carbonyl (C=O) groups excluding carboxylic acids is 1. The van der Waals surface area contributed by atoms with Gasteiger partial charge in [0.1, 0.15) is 17.3 Å². The van der Waals surface area contributed by atoms with E-state index in [-0.39, 0.29) is 18.1 Å². The van der Waals surface area contributed by atoms with E-state index in [9.17, 15) is 9.18 Å². The Hall–Kier alpha value is -2.79. The van der Waals surface area contributed by atoms with Crippen molar-refractivity contribution in [3.63, 3.8) is 0 Å². The number of imidazole rings is 1. The smallest absolute Gasteiger partial charge is 0.179 e. The largest absolute Gasteiger partial charge is 0.301 e. The molecule has 0 saturated heterocycles. The molecule has 2 aromatic carbocycles. The molecule has 1 aliphatic rings. The number of carbonyl (C=O) groups is 1. The van der Waals surface area contributed by atoms with Crippen molar-refractivity contribution >= 4 is 23.1 Å². The van der Waals surface area contributed by atoms with Crippen LogP contribution >= 0.6 is 11.6 Å². The lowest BCUT2D eigenvalue weighted by Gasteiger charge is -2.12. The van der Waals surface area contributed by atoms with Gasteiger partial charge in [-0.2, -0.15) is 0 Å². The third-order valence-corrected chi connectivity index (χ3v) is 4.36. The molecule has 1 aromatic heterocycles. The highest BCUT2D eigenvalue weighted by atomic mass is 35.5. The fourth-order valence-electron chi connectivity index (χ4n) is 2.93. The van der Waals surface area contributed by atoms with Crippen molar-refractivity contribution in [1.82, 2.24) is 9.55 Å². The van der Waals surface area contributed by atoms with Crippen molar-refractivity contribution in [3.05, 3.63) is 82.1 Å². The molecule has 4 nitrogen and oxygen atoms in total. The summed E-state index contributed by atoms with van der Waals surface area (Å²) in [4.78, 5) is 20.6. The number of aliphatic imine (C=N–C) groups is 1. The Balaban J connectivity index is 1.98. The number of ketones is 1. The van der Waals surface area contributed by atoms with Crippen LogP contribution in [0.3, 0.4) is 0 Å². The van der Waals surface area contributed by atoms with Gasteiger partial charge in [-0.1, -0.05) is 23.7 Å². The van der Waals surface area contributed by atoms with Crippen LogP contribution in [0.5, 0.6) is 0 Å². The van der Waals surface area contributed by atoms with Crippen LogP contribution in [0.15, 0.2) is 53.7 Å². The van der Waals surface area contributed by atoms with Crippen molar-refractivity contribution < 1.29 is 9.18 Å². The highest BCUT2D eigenvalue weighted by molar-refractivity contribution is 6.31. The van der Waals surface area contributed by atoms with E-state index in [2.05, 4.69) is 9.98 Å². The predicted octanol–water partition coefficient (Wildman–Crippen LogP) is 4.22. The second-order valence-electron chi connectivity index (χ2n) is 5.77. The van der Waals surface area contributed by atoms with Gasteiger partial charge in [0.15, 0.2) is 5.78 Å². The summed E-state index contributed by atoms with van der Waals surface area (Å²) in [5.74, 6) is 0.158. The molecule has 4 rings (SSSR count). The second-order valence-corrected chi connectivity index (χ2v) is 6.21. The maximum atomic E-state index is 14.3. The number of benzene rings is 2. The standard InChI is InChI=1S/C19H13ClFN3O/c1-11(25)16-10-24-17-7-6-12(20)8-14(17)19(22-9-18(24)23-16)13-4-2-3-5-15(13)21/h2-8,10H,9H2,1H3. The molecule has 0 amide bonds. The summed E-state index contributed by atoms with van der Waals surface area (Å²) in [6, 6.07) is 11.8. The fourth-order valence-corrected chi connectivity index (χ4v) is 3.11. The molecule has 0 atom stereocenters. The summed E-state index contributed by atoms with van der Waals surface area (Å²) in [5, 5.41) is 0.526. The lowest BCUT2D eigenvalue weighted by molar-refractivity contribution is 0.101. The molecule has 6 heteroatoms. The first kappa shape index (κ1) is 15.7. The van der Waals surface area contributed by atoms with Crippen molar-refractivity contribution in [1.29, 1.82) is 0 Å². The summed E-state index contributed by atoms with van der Waals surface area (Å²) < 4.78 is 16.2. The maximum absolute atomic E-state index is 14.3. The molecule has 124 valence electrons. The Bertz CT molecular complexity index is 1040. The summed E-state index contributed by atoms with van der Waals surface area (Å²) in [5.41, 5.74) is 2.76. The van der Waals surface area contributed by atoms with E-state index in [0.29, 0.717) is 33.4 Å². The predicted molar refractivity (Wildman–Crippen MR) is 94.3 cm³/mol. The SMILES string of the molecule is CC(=O)c1cn2c(n1)CN=C(c1ccccc1F)c1cc(Cl)ccc1-2. The Morgan fingerprint density at radius 2 is 2.00 bits per heavy atom. The number of fused-ring (bicyclic) bond motifs is 3. The molecule has 2 heterocycles. The number of Topliss-reactive ketones (excluding diaryl/α,β-unsaturated/α-hetero) is 1. The molecular weight excluding hydrogens is 341 g/mol. The van der Waals surface area contributed by atoms with Crippen molar-refractivity contribution in [3.8, 4) is 5.69 Å². The number of rotatable bonds is 2. The van der Waals surface area contributed by atoms with Crippen LogP contribution in [0.25, 0.3) is 5.69 Å². The molecule has 0 saturated carbocycles. The number of halogens is 2. The highest BCUT2D eigenvalue weighted by Gasteiger charge is 2.23. The van der Waals surface area contributed by atoms with Crippen LogP contribution in [-0.4, -0.2) is 21.0 Å². The van der Waals surface area contributed by atoms with E-state index >= 15 is 0 Å². The monoisotopic (exact) mass is 353 g/mol. The van der Waals surface area contributed by atoms with Gasteiger partial charge in [0.25, 0.3) is 0 Å². The Labute approximate surface area is 148 Å². The minimum absolute atomic E-state index is 0.116. The first-order valence-corrected chi connectivity index (χ1v) is 8.11. The average Bonchev–Trinajstić information content (AvgIpc) is 2.95. The van der Waals surface area contributed by atoms with Gasteiger partial charge in [-0.3, -0.25) is 9.79 Å². The average molecular weight is 354 g/mol. The van der Waals surface area contributed by atoms with Gasteiger partial charge in [0.2, 0.25) is 0 Å². The second kappa shape index (κ2) is 5.93. The molecule has 25 heavy (non-hydrogen) atoms. The number of hydrogen-bond donors (Lipinski definition) is 0. The van der Waals surface area contributed by atoms with Crippen LogP contribution in [0, 0.1) is 5.82 Å². The van der Waals surface area contributed by atoms with Crippen LogP contribution < -0.4 is 0 Å². The van der Waals surface area contributed by atoms with E-state index < -0.39 is 0 Å². The van der Waals surface area contributed by atoms with Gasteiger partial charge >= 0.3 is 0 Å². The van der Waals surface area contributed by atoms with Gasteiger partial charge in [-0.05, 0) is 30.3 Å². The van der Waals surface area contributed by atoms with Crippen molar-refractivity contribution in [2.45, 2.75) is 13.5 Å². The third-order valence-electron chi connectivity index (χ3n) is 4.12. The molecule has 0 aliphatic carbocycles. The van der Waals surface area contributed by atoms with Crippen LogP contribution in [-0.2, 0) is 6.54 Å². The van der Waals surface area contributed by atoms with Gasteiger partial charge < -0.3 is 4.57 Å². The normalized spacial score (nSPS) is 12.8. The summed E-state index contributed by atoms with van der Waals surface area (Å²) in [6.45, 7) is 1.71. The van der Waals surface area contributed by atoms with E-state index in [1.807, 2.05) is 10.6 Å². The zero-order valence-electron chi connectivity index (χ0n) is 13.3. The zero-order chi connectivity index (χ0) is 17.6. The number of nitrogens with zero attached hydrogens (tertiary/aromatic N) is 3. The van der Waals surface area contributed by atoms with Crippen molar-refractivity contribution in [2.24, 2.45) is 4.99 Å². The zero-order valence-corrected chi connectivity index (χ0v) is 14.1. The van der Waals surface area contributed by atoms with Crippen LogP contribution in [0.1, 0.15) is 34.4 Å². The Morgan fingerprint density at radius 3 is 2.76 bits per heavy atom. The minimum Gasteiger partial charge on any atom is -0.301 e. The summed E-state index contributed by atoms with van der Waals surface area (Å²) in [7, 11) is 0. The van der Waals surface area contributed by atoms with E-state index in [0.717, 1.165) is 5.69 Å². The van der Waals surface area contributed by atoms with E-state index in [1.54, 1.807) is 36.5 Å². The Morgan fingerprint density at radius 1 is 1.20 bits per heavy atom. The molecule has 0 radical (unpaired) electrons. The summed E-state index contributed by atoms with van der Waals surface area (Å²) in [6.07, 6.45) is 1.68. The first-order chi connectivity index (χ1) is 12.0. The molecule has 0 N–H and O–H groups in total. The molecular formula is C19H13ClFN3O. The molecule has 0 fully saturated rings. The van der Waals surface area contributed by atoms with Gasteiger partial charge in [-0.25, -0.2) is 9.37 Å². The fraction of sp³-hybridized carbons (Fsp3) is 0.105. The van der Waals surface area contributed by atoms with Crippen molar-refractivity contribution in [2.75, 3.05) is 0 Å². The number of aromatic nitrogens is 2. The number of hydrogen-bond acceptors (Lipinski definition) is 3. The lowest BCUT2D eigenvalue weighted by atomic mass is 10.00. The van der Waals surface area contributed by atoms with E-state index in [4.69, 9.17) is 11.6 Å². The van der Waals surface area contributed by atoms with E-state index in [1.165, 1.54) is 13.0 Å². The minimum atomic E-state index is -0.351. The molecule has 0 spiro atoms. The van der Waals surface area contributed by atoms with Crippen LogP contribution in [0.4, 0.5) is 4.39 Å². The summed E-state index contributed by atoms with van der Waals surface area (Å²) >= 11 is 6.18. The molecule has 0 unspecified atom stereocenters. The quantitative estimate of drug-likeness (QED) is 0.648. The highest BCUT2D eigenvalue weighted by Crippen LogP contribution is 2.28. The Kier molecular flexibility index (Phi) is 3.73. The molecule has 3 aromatic rings. The first-order valence-electron chi connectivity index (χ1n) is 7.73. The molecule has 0 bridgehead atoms. The van der Waals surface area contributed by atoms with Gasteiger partial charge in [0, 0.05) is 29.3 Å². The topological polar surface area (TPSA) is 47.2 Å². The van der Waals surface area contributed by atoms with Crippen LogP contribution in [0.2, 0.25) is 5.02 Å². The third kappa shape index (κ3) is 2.66. The van der Waals surface area contributed by atoms with Gasteiger partial charge in [0.05, 0.1) is 17.9 Å². The molecule has 1 aliphatic heterocycles.